The number of amides is 2. The van der Waals surface area contributed by atoms with Crippen molar-refractivity contribution in [3.8, 4) is 17.2 Å². The van der Waals surface area contributed by atoms with E-state index in [0.717, 1.165) is 13.1 Å². The third-order valence-electron chi connectivity index (χ3n) is 5.16. The van der Waals surface area contributed by atoms with E-state index in [0.29, 0.717) is 37.6 Å². The van der Waals surface area contributed by atoms with Crippen molar-refractivity contribution >= 4 is 17.5 Å². The standard InChI is InChI=1S/C23H29N3O6/c1-29-18-15-17(25-22(27)16-7-5-4-6-8-16)19(21(31-3)20(18)30-2)23(28)24-9-10-26-11-13-32-14-12-26/h4-8,15H,9-14H2,1-3H3,(H,24,28)(H,25,27). The topological polar surface area (TPSA) is 98.4 Å². The maximum absolute atomic E-state index is 13.2. The molecule has 0 radical (unpaired) electrons. The van der Waals surface area contributed by atoms with Crippen LogP contribution in [0.5, 0.6) is 17.2 Å². The minimum atomic E-state index is -0.389. The van der Waals surface area contributed by atoms with E-state index in [1.54, 1.807) is 30.3 Å². The van der Waals surface area contributed by atoms with Crippen LogP contribution in [0.15, 0.2) is 36.4 Å². The molecule has 2 N–H and O–H groups in total. The van der Waals surface area contributed by atoms with Crippen LogP contribution in [0.1, 0.15) is 20.7 Å². The van der Waals surface area contributed by atoms with Gasteiger partial charge in [0.25, 0.3) is 11.8 Å². The van der Waals surface area contributed by atoms with Crippen molar-refractivity contribution < 1.29 is 28.5 Å². The summed E-state index contributed by atoms with van der Waals surface area (Å²) in [5.41, 5.74) is 0.883. The monoisotopic (exact) mass is 443 g/mol. The number of rotatable bonds is 9. The number of benzene rings is 2. The molecule has 2 amide bonds. The fraction of sp³-hybridized carbons (Fsp3) is 0.391. The maximum Gasteiger partial charge on any atom is 0.257 e. The molecule has 1 fully saturated rings. The molecule has 2 aromatic carbocycles. The number of morpholine rings is 1. The summed E-state index contributed by atoms with van der Waals surface area (Å²) in [6.07, 6.45) is 0. The highest BCUT2D eigenvalue weighted by Crippen LogP contribution is 2.44. The van der Waals surface area contributed by atoms with E-state index in [1.165, 1.54) is 21.3 Å². The lowest BCUT2D eigenvalue weighted by Crippen LogP contribution is -2.41. The zero-order valence-corrected chi connectivity index (χ0v) is 18.6. The first-order chi connectivity index (χ1) is 15.6. The second kappa shape index (κ2) is 11.4. The highest BCUT2D eigenvalue weighted by molar-refractivity contribution is 6.11. The quantitative estimate of drug-likeness (QED) is 0.612. The molecule has 0 aromatic heterocycles. The Morgan fingerprint density at radius 3 is 2.28 bits per heavy atom. The van der Waals surface area contributed by atoms with Gasteiger partial charge >= 0.3 is 0 Å². The lowest BCUT2D eigenvalue weighted by molar-refractivity contribution is 0.0383. The normalized spacial score (nSPS) is 13.8. The van der Waals surface area contributed by atoms with Gasteiger partial charge in [0.05, 0.1) is 40.2 Å². The summed E-state index contributed by atoms with van der Waals surface area (Å²) in [4.78, 5) is 28.2. The highest BCUT2D eigenvalue weighted by Gasteiger charge is 2.27. The third kappa shape index (κ3) is 5.49. The summed E-state index contributed by atoms with van der Waals surface area (Å²) in [6.45, 7) is 4.15. The van der Waals surface area contributed by atoms with Gasteiger partial charge in [-0.05, 0) is 12.1 Å². The molecule has 1 aliphatic rings. The lowest BCUT2D eigenvalue weighted by Gasteiger charge is -2.26. The first-order valence-electron chi connectivity index (χ1n) is 10.4. The van der Waals surface area contributed by atoms with E-state index in [4.69, 9.17) is 18.9 Å². The average Bonchev–Trinajstić information content (AvgIpc) is 2.84. The molecule has 9 heteroatoms. The number of hydrogen-bond acceptors (Lipinski definition) is 7. The van der Waals surface area contributed by atoms with E-state index in [2.05, 4.69) is 15.5 Å². The fourth-order valence-corrected chi connectivity index (χ4v) is 3.50. The molecule has 0 atom stereocenters. The number of hydrogen-bond donors (Lipinski definition) is 2. The lowest BCUT2D eigenvalue weighted by atomic mass is 10.1. The molecular weight excluding hydrogens is 414 g/mol. The maximum atomic E-state index is 13.2. The average molecular weight is 444 g/mol. The molecule has 9 nitrogen and oxygen atoms in total. The van der Waals surface area contributed by atoms with Gasteiger partial charge in [0.1, 0.15) is 5.56 Å². The van der Waals surface area contributed by atoms with Crippen molar-refractivity contribution in [2.24, 2.45) is 0 Å². The van der Waals surface area contributed by atoms with Crippen LogP contribution in [0.2, 0.25) is 0 Å². The number of anilines is 1. The van der Waals surface area contributed by atoms with Crippen LogP contribution in [0.25, 0.3) is 0 Å². The SMILES string of the molecule is COc1cc(NC(=O)c2ccccc2)c(C(=O)NCCN2CCOCC2)c(OC)c1OC. The minimum Gasteiger partial charge on any atom is -0.493 e. The number of nitrogens with zero attached hydrogens (tertiary/aromatic N) is 1. The van der Waals surface area contributed by atoms with Gasteiger partial charge < -0.3 is 29.6 Å². The first kappa shape index (κ1) is 23.4. The molecule has 3 rings (SSSR count). The predicted octanol–water partition coefficient (Wildman–Crippen LogP) is 2.03. The molecule has 0 spiro atoms. The minimum absolute atomic E-state index is 0.163. The van der Waals surface area contributed by atoms with Crippen LogP contribution in [0.3, 0.4) is 0 Å². The van der Waals surface area contributed by atoms with Crippen molar-refractivity contribution in [2.75, 3.05) is 66.0 Å². The Hall–Kier alpha value is -3.30. The zero-order chi connectivity index (χ0) is 22.9. The number of nitrogens with one attached hydrogen (secondary N) is 2. The Bertz CT molecular complexity index is 929. The smallest absolute Gasteiger partial charge is 0.257 e. The summed E-state index contributed by atoms with van der Waals surface area (Å²) in [5, 5.41) is 5.72. The molecular formula is C23H29N3O6. The van der Waals surface area contributed by atoms with Crippen molar-refractivity contribution in [1.82, 2.24) is 10.2 Å². The summed E-state index contributed by atoms with van der Waals surface area (Å²) < 4.78 is 21.7. The van der Waals surface area contributed by atoms with Gasteiger partial charge in [-0.1, -0.05) is 18.2 Å². The second-order valence-electron chi connectivity index (χ2n) is 7.10. The molecule has 1 aliphatic heterocycles. The summed E-state index contributed by atoms with van der Waals surface area (Å²) in [6, 6.07) is 10.3. The van der Waals surface area contributed by atoms with Crippen LogP contribution >= 0.6 is 0 Å². The largest absolute Gasteiger partial charge is 0.493 e. The third-order valence-corrected chi connectivity index (χ3v) is 5.16. The highest BCUT2D eigenvalue weighted by atomic mass is 16.5. The van der Waals surface area contributed by atoms with Crippen molar-refractivity contribution in [3.63, 3.8) is 0 Å². The van der Waals surface area contributed by atoms with Gasteiger partial charge in [-0.2, -0.15) is 0 Å². The zero-order valence-electron chi connectivity index (χ0n) is 18.6. The van der Waals surface area contributed by atoms with E-state index in [-0.39, 0.29) is 34.6 Å². The van der Waals surface area contributed by atoms with E-state index >= 15 is 0 Å². The molecule has 172 valence electrons. The summed E-state index contributed by atoms with van der Waals surface area (Å²) in [7, 11) is 4.37. The van der Waals surface area contributed by atoms with Gasteiger partial charge in [-0.15, -0.1) is 0 Å². The molecule has 1 saturated heterocycles. The number of carbonyl (C=O) groups excluding carboxylic acids is 2. The summed E-state index contributed by atoms with van der Waals surface area (Å²) in [5.74, 6) is 0.0318. The van der Waals surface area contributed by atoms with Crippen LogP contribution in [-0.2, 0) is 4.74 Å². The molecule has 1 heterocycles. The number of carbonyl (C=O) groups is 2. The van der Waals surface area contributed by atoms with Gasteiger partial charge in [0.15, 0.2) is 11.5 Å². The predicted molar refractivity (Wildman–Crippen MR) is 120 cm³/mol. The van der Waals surface area contributed by atoms with Crippen LogP contribution < -0.4 is 24.8 Å². The van der Waals surface area contributed by atoms with Crippen LogP contribution in [0.4, 0.5) is 5.69 Å². The molecule has 0 bridgehead atoms. The van der Waals surface area contributed by atoms with Gasteiger partial charge in [-0.25, -0.2) is 0 Å². The second-order valence-corrected chi connectivity index (χ2v) is 7.10. The van der Waals surface area contributed by atoms with Gasteiger partial charge in [0.2, 0.25) is 5.75 Å². The fourth-order valence-electron chi connectivity index (χ4n) is 3.50. The van der Waals surface area contributed by atoms with Crippen molar-refractivity contribution in [2.45, 2.75) is 0 Å². The molecule has 0 saturated carbocycles. The first-order valence-corrected chi connectivity index (χ1v) is 10.4. The van der Waals surface area contributed by atoms with E-state index < -0.39 is 0 Å². The Labute approximate surface area is 187 Å². The number of ether oxygens (including phenoxy) is 4. The Morgan fingerprint density at radius 2 is 1.66 bits per heavy atom. The van der Waals surface area contributed by atoms with Crippen molar-refractivity contribution in [1.29, 1.82) is 0 Å². The molecule has 2 aromatic rings. The van der Waals surface area contributed by atoms with Crippen LogP contribution in [0, 0.1) is 0 Å². The Morgan fingerprint density at radius 1 is 0.969 bits per heavy atom. The van der Waals surface area contributed by atoms with Gasteiger partial charge in [-0.3, -0.25) is 14.5 Å². The van der Waals surface area contributed by atoms with Gasteiger partial charge in [0, 0.05) is 37.8 Å². The van der Waals surface area contributed by atoms with Crippen LogP contribution in [-0.4, -0.2) is 77.4 Å². The summed E-state index contributed by atoms with van der Waals surface area (Å²) >= 11 is 0. The molecule has 0 aliphatic carbocycles. The van der Waals surface area contributed by atoms with Crippen molar-refractivity contribution in [3.05, 3.63) is 47.5 Å². The van der Waals surface area contributed by atoms with E-state index in [9.17, 15) is 9.59 Å². The molecule has 0 unspecified atom stereocenters. The van der Waals surface area contributed by atoms with E-state index in [1.807, 2.05) is 6.07 Å². The Balaban J connectivity index is 1.88. The number of methoxy groups -OCH3 is 3. The molecule has 32 heavy (non-hydrogen) atoms. The Kier molecular flexibility index (Phi) is 8.29.